The van der Waals surface area contributed by atoms with Crippen molar-refractivity contribution in [2.75, 3.05) is 5.33 Å². The summed E-state index contributed by atoms with van der Waals surface area (Å²) in [7, 11) is 0. The van der Waals surface area contributed by atoms with E-state index in [-0.39, 0.29) is 18.1 Å². The number of nitrogens with one attached hydrogen (secondary N) is 1. The molecule has 0 saturated carbocycles. The maximum Gasteiger partial charge on any atom is 0.261 e. The average Bonchev–Trinajstić information content (AvgIpc) is 2.72. The number of amides is 1. The van der Waals surface area contributed by atoms with E-state index in [1.807, 2.05) is 31.2 Å². The van der Waals surface area contributed by atoms with Crippen molar-refractivity contribution in [1.29, 1.82) is 0 Å². The molecule has 1 aliphatic heterocycles. The Morgan fingerprint density at radius 2 is 2.38 bits per heavy atom. The molecule has 1 heterocycles. The minimum atomic E-state index is -0.376. The van der Waals surface area contributed by atoms with Crippen molar-refractivity contribution in [2.24, 2.45) is 0 Å². The van der Waals surface area contributed by atoms with Gasteiger partial charge >= 0.3 is 0 Å². The highest BCUT2D eigenvalue weighted by molar-refractivity contribution is 9.09. The summed E-state index contributed by atoms with van der Waals surface area (Å²) in [6.45, 7) is 1.95. The summed E-state index contributed by atoms with van der Waals surface area (Å²) in [6.07, 6.45) is 0.288. The van der Waals surface area contributed by atoms with Crippen molar-refractivity contribution in [2.45, 2.75) is 25.5 Å². The Hall–Kier alpha value is -1.03. The highest BCUT2D eigenvalue weighted by atomic mass is 79.9. The maximum atomic E-state index is 11.8. The van der Waals surface area contributed by atoms with Gasteiger partial charge in [-0.3, -0.25) is 4.79 Å². The van der Waals surface area contributed by atoms with Crippen LogP contribution in [0.15, 0.2) is 24.3 Å². The van der Waals surface area contributed by atoms with Gasteiger partial charge in [0.25, 0.3) is 5.91 Å². The first-order valence-electron chi connectivity index (χ1n) is 5.31. The van der Waals surface area contributed by atoms with Gasteiger partial charge in [-0.2, -0.15) is 0 Å². The minimum absolute atomic E-state index is 0.0388. The third-order valence-electron chi connectivity index (χ3n) is 2.56. The molecule has 1 N–H and O–H groups in total. The molecule has 0 aliphatic carbocycles. The van der Waals surface area contributed by atoms with E-state index >= 15 is 0 Å². The van der Waals surface area contributed by atoms with Crippen molar-refractivity contribution in [3.05, 3.63) is 29.8 Å². The number of fused-ring (bicyclic) bond motifs is 1. The standard InChI is InChI=1S/C12H14BrNO2/c1-8(7-13)14-12(15)11-6-9-4-2-3-5-10(9)16-11/h2-5,8,11H,6-7H2,1H3,(H,14,15). The van der Waals surface area contributed by atoms with E-state index in [4.69, 9.17) is 4.74 Å². The third kappa shape index (κ3) is 2.38. The van der Waals surface area contributed by atoms with Gasteiger partial charge in [0.1, 0.15) is 5.75 Å². The monoisotopic (exact) mass is 283 g/mol. The topological polar surface area (TPSA) is 38.3 Å². The number of carbonyl (C=O) groups is 1. The van der Waals surface area contributed by atoms with Crippen LogP contribution in [0.25, 0.3) is 0 Å². The first-order valence-corrected chi connectivity index (χ1v) is 6.43. The summed E-state index contributed by atoms with van der Waals surface area (Å²) in [5.41, 5.74) is 1.11. The van der Waals surface area contributed by atoms with E-state index in [1.54, 1.807) is 0 Å². The van der Waals surface area contributed by atoms with Gasteiger partial charge in [0.15, 0.2) is 6.10 Å². The molecule has 1 aromatic carbocycles. The van der Waals surface area contributed by atoms with Crippen LogP contribution < -0.4 is 10.1 Å². The maximum absolute atomic E-state index is 11.8. The number of carbonyl (C=O) groups excluding carboxylic acids is 1. The Labute approximate surface area is 103 Å². The van der Waals surface area contributed by atoms with E-state index in [2.05, 4.69) is 21.2 Å². The molecule has 1 aromatic rings. The van der Waals surface area contributed by atoms with Gasteiger partial charge in [-0.1, -0.05) is 34.1 Å². The third-order valence-corrected chi connectivity index (χ3v) is 3.53. The molecule has 2 unspecified atom stereocenters. The molecule has 0 aromatic heterocycles. The van der Waals surface area contributed by atoms with Crippen molar-refractivity contribution < 1.29 is 9.53 Å². The molecule has 86 valence electrons. The fourth-order valence-corrected chi connectivity index (χ4v) is 1.86. The molecule has 3 nitrogen and oxygen atoms in total. The fraction of sp³-hybridized carbons (Fsp3) is 0.417. The Kier molecular flexibility index (Phi) is 3.49. The van der Waals surface area contributed by atoms with Crippen molar-refractivity contribution in [1.82, 2.24) is 5.32 Å². The average molecular weight is 284 g/mol. The van der Waals surface area contributed by atoms with E-state index in [0.717, 1.165) is 16.6 Å². The number of rotatable bonds is 3. The fourth-order valence-electron chi connectivity index (χ4n) is 1.70. The van der Waals surface area contributed by atoms with Crippen LogP contribution in [0, 0.1) is 0 Å². The molecule has 0 spiro atoms. The number of ether oxygens (including phenoxy) is 1. The van der Waals surface area contributed by atoms with Gasteiger partial charge in [0, 0.05) is 17.8 Å². The Bertz CT molecular complexity index is 369. The predicted molar refractivity (Wildman–Crippen MR) is 66.0 cm³/mol. The summed E-state index contributed by atoms with van der Waals surface area (Å²) in [5.74, 6) is 0.789. The van der Waals surface area contributed by atoms with Crippen molar-refractivity contribution in [3.63, 3.8) is 0 Å². The van der Waals surface area contributed by atoms with E-state index in [1.165, 1.54) is 0 Å². The number of halogens is 1. The number of benzene rings is 1. The molecule has 0 fully saturated rings. The molecule has 2 atom stereocenters. The lowest BCUT2D eigenvalue weighted by atomic mass is 10.1. The van der Waals surface area contributed by atoms with E-state index in [9.17, 15) is 4.79 Å². The summed E-state index contributed by atoms with van der Waals surface area (Å²) in [6, 6.07) is 7.90. The van der Waals surface area contributed by atoms with Crippen molar-refractivity contribution >= 4 is 21.8 Å². The number of alkyl halides is 1. The van der Waals surface area contributed by atoms with Gasteiger partial charge in [-0.05, 0) is 18.6 Å². The second kappa shape index (κ2) is 4.87. The number of para-hydroxylation sites is 1. The Balaban J connectivity index is 1.98. The van der Waals surface area contributed by atoms with Crippen LogP contribution >= 0.6 is 15.9 Å². The summed E-state index contributed by atoms with van der Waals surface area (Å²) in [5, 5.41) is 3.64. The van der Waals surface area contributed by atoms with Crippen LogP contribution in [-0.2, 0) is 11.2 Å². The molecule has 4 heteroatoms. The molecular weight excluding hydrogens is 270 g/mol. The van der Waals surface area contributed by atoms with Crippen LogP contribution in [0.1, 0.15) is 12.5 Å². The molecule has 16 heavy (non-hydrogen) atoms. The van der Waals surface area contributed by atoms with Crippen LogP contribution in [0.3, 0.4) is 0 Å². The molecule has 1 aliphatic rings. The van der Waals surface area contributed by atoms with Gasteiger partial charge in [-0.15, -0.1) is 0 Å². The quantitative estimate of drug-likeness (QED) is 0.861. The van der Waals surface area contributed by atoms with Crippen LogP contribution in [-0.4, -0.2) is 23.4 Å². The smallest absolute Gasteiger partial charge is 0.261 e. The highest BCUT2D eigenvalue weighted by Gasteiger charge is 2.29. The number of hydrogen-bond donors (Lipinski definition) is 1. The Morgan fingerprint density at radius 1 is 1.62 bits per heavy atom. The summed E-state index contributed by atoms with van der Waals surface area (Å²) in [4.78, 5) is 11.8. The molecule has 1 amide bonds. The molecule has 0 bridgehead atoms. The zero-order chi connectivity index (χ0) is 11.5. The van der Waals surface area contributed by atoms with E-state index in [0.29, 0.717) is 6.42 Å². The number of hydrogen-bond acceptors (Lipinski definition) is 2. The lowest BCUT2D eigenvalue weighted by Gasteiger charge is -2.14. The zero-order valence-electron chi connectivity index (χ0n) is 9.07. The first kappa shape index (κ1) is 11.5. The van der Waals surface area contributed by atoms with Crippen LogP contribution in [0.4, 0.5) is 0 Å². The van der Waals surface area contributed by atoms with Crippen molar-refractivity contribution in [3.8, 4) is 5.75 Å². The second-order valence-electron chi connectivity index (χ2n) is 3.98. The Morgan fingerprint density at radius 3 is 3.06 bits per heavy atom. The predicted octanol–water partition coefficient (Wildman–Crippen LogP) is 1.89. The van der Waals surface area contributed by atoms with Crippen LogP contribution in [0.5, 0.6) is 5.75 Å². The molecule has 0 radical (unpaired) electrons. The van der Waals surface area contributed by atoms with Gasteiger partial charge in [0.2, 0.25) is 0 Å². The second-order valence-corrected chi connectivity index (χ2v) is 4.63. The van der Waals surface area contributed by atoms with Gasteiger partial charge in [0.05, 0.1) is 0 Å². The SMILES string of the molecule is CC(CBr)NC(=O)C1Cc2ccccc2O1. The zero-order valence-corrected chi connectivity index (χ0v) is 10.7. The van der Waals surface area contributed by atoms with Crippen LogP contribution in [0.2, 0.25) is 0 Å². The highest BCUT2D eigenvalue weighted by Crippen LogP contribution is 2.28. The normalized spacial score (nSPS) is 19.8. The van der Waals surface area contributed by atoms with Gasteiger partial charge < -0.3 is 10.1 Å². The van der Waals surface area contributed by atoms with Gasteiger partial charge in [-0.25, -0.2) is 0 Å². The largest absolute Gasteiger partial charge is 0.480 e. The van der Waals surface area contributed by atoms with E-state index < -0.39 is 0 Å². The minimum Gasteiger partial charge on any atom is -0.480 e. The first-order chi connectivity index (χ1) is 7.70. The molecule has 0 saturated heterocycles. The summed E-state index contributed by atoms with van der Waals surface area (Å²) >= 11 is 3.32. The summed E-state index contributed by atoms with van der Waals surface area (Å²) < 4.78 is 5.59. The lowest BCUT2D eigenvalue weighted by Crippen LogP contribution is -2.42. The lowest BCUT2D eigenvalue weighted by molar-refractivity contribution is -0.127. The molecule has 2 rings (SSSR count). The molecular formula is C12H14BrNO2.